The summed E-state index contributed by atoms with van der Waals surface area (Å²) in [5, 5.41) is 2.73. The number of rotatable bonds is 6. The third-order valence-electron chi connectivity index (χ3n) is 3.14. The Morgan fingerprint density at radius 3 is 2.61 bits per heavy atom. The fraction of sp³-hybridized carbons (Fsp3) is 0.846. The molecule has 5 nitrogen and oxygen atoms in total. The van der Waals surface area contributed by atoms with Crippen LogP contribution in [0.2, 0.25) is 0 Å². The molecule has 5 heteroatoms. The van der Waals surface area contributed by atoms with E-state index in [9.17, 15) is 9.59 Å². The molecule has 0 spiro atoms. The van der Waals surface area contributed by atoms with Gasteiger partial charge in [0.15, 0.2) is 0 Å². The van der Waals surface area contributed by atoms with E-state index in [2.05, 4.69) is 5.32 Å². The van der Waals surface area contributed by atoms with E-state index in [0.717, 1.165) is 6.42 Å². The van der Waals surface area contributed by atoms with E-state index in [1.165, 1.54) is 0 Å². The lowest BCUT2D eigenvalue weighted by atomic mass is 9.97. The van der Waals surface area contributed by atoms with E-state index < -0.39 is 6.04 Å². The Labute approximate surface area is 109 Å². The van der Waals surface area contributed by atoms with Crippen molar-refractivity contribution >= 4 is 11.8 Å². The quantitative estimate of drug-likeness (QED) is 0.715. The number of nitrogens with one attached hydrogen (secondary N) is 1. The van der Waals surface area contributed by atoms with Crippen LogP contribution in [0, 0.1) is 5.92 Å². The third-order valence-corrected chi connectivity index (χ3v) is 3.14. The molecule has 2 unspecified atom stereocenters. The number of hydrogen-bond donors (Lipinski definition) is 1. The number of carbonyl (C=O) groups is 2. The van der Waals surface area contributed by atoms with E-state index >= 15 is 0 Å². The summed E-state index contributed by atoms with van der Waals surface area (Å²) in [5.41, 5.74) is 0. The van der Waals surface area contributed by atoms with Crippen molar-refractivity contribution in [2.24, 2.45) is 5.92 Å². The lowest BCUT2D eigenvalue weighted by Crippen LogP contribution is -2.64. The standard InChI is InChI=1S/C13H24N2O3/c1-5-18-8-6-7-15-11(9(2)3)12(16)14-10(4)13(15)17/h9-11H,5-8H2,1-4H3,(H,14,16). The molecule has 2 amide bonds. The highest BCUT2D eigenvalue weighted by Crippen LogP contribution is 2.17. The Morgan fingerprint density at radius 1 is 1.39 bits per heavy atom. The van der Waals surface area contributed by atoms with Gasteiger partial charge >= 0.3 is 0 Å². The van der Waals surface area contributed by atoms with Gasteiger partial charge in [0, 0.05) is 19.8 Å². The van der Waals surface area contributed by atoms with E-state index in [4.69, 9.17) is 4.74 Å². The van der Waals surface area contributed by atoms with Crippen molar-refractivity contribution in [3.05, 3.63) is 0 Å². The molecule has 1 aliphatic rings. The second-order valence-electron chi connectivity index (χ2n) is 5.00. The van der Waals surface area contributed by atoms with Gasteiger partial charge in [-0.2, -0.15) is 0 Å². The van der Waals surface area contributed by atoms with E-state index in [-0.39, 0.29) is 23.8 Å². The second-order valence-corrected chi connectivity index (χ2v) is 5.00. The van der Waals surface area contributed by atoms with Gasteiger partial charge in [0.2, 0.25) is 11.8 Å². The molecule has 0 saturated carbocycles. The minimum atomic E-state index is -0.417. The molecule has 104 valence electrons. The van der Waals surface area contributed by atoms with Gasteiger partial charge in [-0.25, -0.2) is 0 Å². The molecule has 0 aliphatic carbocycles. The number of nitrogens with zero attached hydrogens (tertiary/aromatic N) is 1. The zero-order valence-corrected chi connectivity index (χ0v) is 11.7. The summed E-state index contributed by atoms with van der Waals surface area (Å²) in [7, 11) is 0. The lowest BCUT2D eigenvalue weighted by molar-refractivity contribution is -0.150. The minimum absolute atomic E-state index is 0.00444. The first-order chi connectivity index (χ1) is 8.49. The van der Waals surface area contributed by atoms with Crippen molar-refractivity contribution in [3.63, 3.8) is 0 Å². The summed E-state index contributed by atoms with van der Waals surface area (Å²) < 4.78 is 5.27. The highest BCUT2D eigenvalue weighted by Gasteiger charge is 2.39. The lowest BCUT2D eigenvalue weighted by Gasteiger charge is -2.39. The van der Waals surface area contributed by atoms with Crippen LogP contribution in [0.25, 0.3) is 0 Å². The van der Waals surface area contributed by atoms with Gasteiger partial charge < -0.3 is 15.0 Å². The van der Waals surface area contributed by atoms with Crippen molar-refractivity contribution in [2.75, 3.05) is 19.8 Å². The maximum absolute atomic E-state index is 12.1. The molecule has 0 bridgehead atoms. The SMILES string of the molecule is CCOCCCN1C(=O)C(C)NC(=O)C1C(C)C. The predicted octanol–water partition coefficient (Wildman–Crippen LogP) is 0.785. The Hall–Kier alpha value is -1.10. The first-order valence-electron chi connectivity index (χ1n) is 6.67. The molecule has 0 radical (unpaired) electrons. The van der Waals surface area contributed by atoms with Crippen LogP contribution in [0.15, 0.2) is 0 Å². The first-order valence-corrected chi connectivity index (χ1v) is 6.67. The molecule has 18 heavy (non-hydrogen) atoms. The predicted molar refractivity (Wildman–Crippen MR) is 69.1 cm³/mol. The summed E-state index contributed by atoms with van der Waals surface area (Å²) in [6.07, 6.45) is 0.767. The maximum atomic E-state index is 12.1. The first kappa shape index (κ1) is 15.0. The molecule has 0 aromatic heterocycles. The number of ether oxygens (including phenoxy) is 1. The number of amides is 2. The fourth-order valence-corrected chi connectivity index (χ4v) is 2.28. The largest absolute Gasteiger partial charge is 0.382 e. The second kappa shape index (κ2) is 6.73. The van der Waals surface area contributed by atoms with Crippen molar-refractivity contribution in [1.29, 1.82) is 0 Å². The van der Waals surface area contributed by atoms with Crippen LogP contribution >= 0.6 is 0 Å². The Balaban J connectivity index is 2.66. The van der Waals surface area contributed by atoms with Crippen LogP contribution in [-0.2, 0) is 14.3 Å². The molecule has 2 atom stereocenters. The zero-order chi connectivity index (χ0) is 13.7. The van der Waals surface area contributed by atoms with Crippen molar-refractivity contribution in [3.8, 4) is 0 Å². The van der Waals surface area contributed by atoms with Gasteiger partial charge in [-0.15, -0.1) is 0 Å². The van der Waals surface area contributed by atoms with Crippen LogP contribution in [0.4, 0.5) is 0 Å². The molecule has 0 aromatic carbocycles. The number of hydrogen-bond acceptors (Lipinski definition) is 3. The number of piperazine rings is 1. The highest BCUT2D eigenvalue weighted by atomic mass is 16.5. The third kappa shape index (κ3) is 3.45. The molecule has 1 N–H and O–H groups in total. The normalized spacial score (nSPS) is 24.6. The van der Waals surface area contributed by atoms with E-state index in [1.54, 1.807) is 11.8 Å². The van der Waals surface area contributed by atoms with Crippen molar-refractivity contribution < 1.29 is 14.3 Å². The maximum Gasteiger partial charge on any atom is 0.245 e. The fourth-order valence-electron chi connectivity index (χ4n) is 2.28. The van der Waals surface area contributed by atoms with Gasteiger partial charge in [-0.05, 0) is 26.2 Å². The van der Waals surface area contributed by atoms with Gasteiger partial charge in [0.05, 0.1) is 0 Å². The molecule has 1 rings (SSSR count). The zero-order valence-electron chi connectivity index (χ0n) is 11.7. The van der Waals surface area contributed by atoms with Crippen molar-refractivity contribution in [1.82, 2.24) is 10.2 Å². The van der Waals surface area contributed by atoms with Crippen LogP contribution < -0.4 is 5.32 Å². The summed E-state index contributed by atoms with van der Waals surface area (Å²) in [5.74, 6) is 0.0758. The van der Waals surface area contributed by atoms with Crippen LogP contribution in [0.3, 0.4) is 0 Å². The molecule has 0 aromatic rings. The van der Waals surface area contributed by atoms with Gasteiger partial charge in [-0.1, -0.05) is 13.8 Å². The van der Waals surface area contributed by atoms with Crippen molar-refractivity contribution in [2.45, 2.75) is 46.2 Å². The molecule has 1 aliphatic heterocycles. The van der Waals surface area contributed by atoms with Crippen LogP contribution in [0.1, 0.15) is 34.1 Å². The van der Waals surface area contributed by atoms with Crippen LogP contribution in [-0.4, -0.2) is 48.6 Å². The Kier molecular flexibility index (Phi) is 5.59. The summed E-state index contributed by atoms with van der Waals surface area (Å²) >= 11 is 0. The number of carbonyl (C=O) groups excluding carboxylic acids is 2. The molecular formula is C13H24N2O3. The molecular weight excluding hydrogens is 232 g/mol. The summed E-state index contributed by atoms with van der Waals surface area (Å²) in [4.78, 5) is 25.8. The molecule has 1 fully saturated rings. The van der Waals surface area contributed by atoms with Gasteiger partial charge in [0.25, 0.3) is 0 Å². The smallest absolute Gasteiger partial charge is 0.245 e. The van der Waals surface area contributed by atoms with E-state index in [0.29, 0.717) is 19.8 Å². The monoisotopic (exact) mass is 256 g/mol. The highest BCUT2D eigenvalue weighted by molar-refractivity contribution is 5.96. The van der Waals surface area contributed by atoms with Gasteiger partial charge in [-0.3, -0.25) is 9.59 Å². The van der Waals surface area contributed by atoms with Gasteiger partial charge in [0.1, 0.15) is 12.1 Å². The molecule has 1 heterocycles. The average molecular weight is 256 g/mol. The molecule has 1 saturated heterocycles. The van der Waals surface area contributed by atoms with Crippen LogP contribution in [0.5, 0.6) is 0 Å². The topological polar surface area (TPSA) is 58.6 Å². The summed E-state index contributed by atoms with van der Waals surface area (Å²) in [6, 6.07) is -0.769. The minimum Gasteiger partial charge on any atom is -0.382 e. The Morgan fingerprint density at radius 2 is 2.06 bits per heavy atom. The van der Waals surface area contributed by atoms with E-state index in [1.807, 2.05) is 20.8 Å². The summed E-state index contributed by atoms with van der Waals surface area (Å²) in [6.45, 7) is 9.48. The average Bonchev–Trinajstić information content (AvgIpc) is 2.29. The Bertz CT molecular complexity index is 305.